The van der Waals surface area contributed by atoms with Crippen LogP contribution in [0.15, 0.2) is 36.4 Å². The maximum absolute atomic E-state index is 13.5. The van der Waals surface area contributed by atoms with E-state index >= 15 is 0 Å². The van der Waals surface area contributed by atoms with Crippen molar-refractivity contribution < 1.29 is 4.39 Å². The lowest BCUT2D eigenvalue weighted by Crippen LogP contribution is -2.17. The summed E-state index contributed by atoms with van der Waals surface area (Å²) in [5.74, 6) is -0.445. The molecule has 1 atom stereocenters. The van der Waals surface area contributed by atoms with Crippen molar-refractivity contribution in [3.63, 3.8) is 0 Å². The lowest BCUT2D eigenvalue weighted by molar-refractivity contribution is 0.617. The summed E-state index contributed by atoms with van der Waals surface area (Å²) in [5.41, 5.74) is 1.67. The summed E-state index contributed by atoms with van der Waals surface area (Å²) in [6.45, 7) is 0. The summed E-state index contributed by atoms with van der Waals surface area (Å²) >= 11 is 17.6. The molecule has 0 amide bonds. The highest BCUT2D eigenvalue weighted by atomic mass is 35.5. The van der Waals surface area contributed by atoms with Gasteiger partial charge in [-0.2, -0.15) is 0 Å². The first-order valence-electron chi connectivity index (χ1n) is 5.60. The summed E-state index contributed by atoms with van der Waals surface area (Å²) in [6, 6.07) is 9.87. The monoisotopic (exact) mass is 317 g/mol. The molecule has 5 heteroatoms. The molecule has 0 aliphatic heterocycles. The normalized spacial score (nSPS) is 12.5. The van der Waals surface area contributed by atoms with Crippen LogP contribution in [0.5, 0.6) is 0 Å². The third kappa shape index (κ3) is 3.21. The second kappa shape index (κ2) is 6.10. The molecule has 0 fully saturated rings. The van der Waals surface area contributed by atoms with Crippen molar-refractivity contribution in [2.45, 2.75) is 6.04 Å². The standard InChI is InChI=1S/C14H11Cl3FN/c1-19-14(8-2-4-10(15)12(17)6-8)9-3-5-11(16)13(18)7-9/h2-7,14,19H,1H3. The molecule has 0 spiro atoms. The van der Waals surface area contributed by atoms with Crippen LogP contribution in [0.3, 0.4) is 0 Å². The van der Waals surface area contributed by atoms with E-state index in [1.807, 2.05) is 6.07 Å². The quantitative estimate of drug-likeness (QED) is 0.830. The molecule has 0 bridgehead atoms. The third-order valence-corrected chi connectivity index (χ3v) is 3.89. The first-order valence-corrected chi connectivity index (χ1v) is 6.73. The zero-order chi connectivity index (χ0) is 14.0. The summed E-state index contributed by atoms with van der Waals surface area (Å²) in [7, 11) is 1.79. The van der Waals surface area contributed by atoms with E-state index in [1.54, 1.807) is 25.2 Å². The lowest BCUT2D eigenvalue weighted by Gasteiger charge is -2.18. The number of halogens is 4. The van der Waals surface area contributed by atoms with Crippen molar-refractivity contribution in [3.05, 3.63) is 68.4 Å². The van der Waals surface area contributed by atoms with Crippen molar-refractivity contribution >= 4 is 34.8 Å². The van der Waals surface area contributed by atoms with Crippen LogP contribution in [0.2, 0.25) is 15.1 Å². The highest BCUT2D eigenvalue weighted by Crippen LogP contribution is 2.29. The average molecular weight is 319 g/mol. The molecule has 0 saturated heterocycles. The topological polar surface area (TPSA) is 12.0 Å². The minimum absolute atomic E-state index is 0.104. The maximum atomic E-state index is 13.5. The summed E-state index contributed by atoms with van der Waals surface area (Å²) in [5, 5.41) is 4.18. The fraction of sp³-hybridized carbons (Fsp3) is 0.143. The van der Waals surface area contributed by atoms with Crippen LogP contribution < -0.4 is 5.32 Å². The molecular formula is C14H11Cl3FN. The molecule has 100 valence electrons. The van der Waals surface area contributed by atoms with Crippen molar-refractivity contribution in [3.8, 4) is 0 Å². The molecule has 0 aliphatic carbocycles. The predicted octanol–water partition coefficient (Wildman–Crippen LogP) is 5.09. The molecular weight excluding hydrogens is 308 g/mol. The van der Waals surface area contributed by atoms with Crippen LogP contribution in [0, 0.1) is 5.82 Å². The van der Waals surface area contributed by atoms with E-state index in [0.29, 0.717) is 10.0 Å². The van der Waals surface area contributed by atoms with Crippen LogP contribution >= 0.6 is 34.8 Å². The van der Waals surface area contributed by atoms with Gasteiger partial charge in [0, 0.05) is 0 Å². The van der Waals surface area contributed by atoms with Crippen LogP contribution in [-0.2, 0) is 0 Å². The van der Waals surface area contributed by atoms with Crippen LogP contribution in [0.1, 0.15) is 17.2 Å². The van der Waals surface area contributed by atoms with E-state index in [4.69, 9.17) is 34.8 Å². The molecule has 0 aromatic heterocycles. The fourth-order valence-corrected chi connectivity index (χ4v) is 2.33. The van der Waals surface area contributed by atoms with Crippen molar-refractivity contribution in [1.82, 2.24) is 5.32 Å². The molecule has 2 rings (SSSR count). The number of rotatable bonds is 3. The minimum Gasteiger partial charge on any atom is -0.309 e. The van der Waals surface area contributed by atoms with E-state index in [-0.39, 0.29) is 11.1 Å². The SMILES string of the molecule is CNC(c1ccc(Cl)c(F)c1)c1ccc(Cl)c(Cl)c1. The third-order valence-electron chi connectivity index (χ3n) is 2.84. The van der Waals surface area contributed by atoms with Crippen molar-refractivity contribution in [2.24, 2.45) is 0 Å². The second-order valence-corrected chi connectivity index (χ2v) is 5.29. The van der Waals surface area contributed by atoms with Gasteiger partial charge in [0.05, 0.1) is 21.1 Å². The van der Waals surface area contributed by atoms with Crippen LogP contribution in [0.4, 0.5) is 4.39 Å². The van der Waals surface area contributed by atoms with E-state index in [9.17, 15) is 4.39 Å². The van der Waals surface area contributed by atoms with Gasteiger partial charge in [0.25, 0.3) is 0 Å². The van der Waals surface area contributed by atoms with Crippen molar-refractivity contribution in [1.29, 1.82) is 0 Å². The number of hydrogen-bond donors (Lipinski definition) is 1. The Bertz CT molecular complexity index is 550. The van der Waals surface area contributed by atoms with Gasteiger partial charge >= 0.3 is 0 Å². The van der Waals surface area contributed by atoms with Gasteiger partial charge in [0.2, 0.25) is 0 Å². The summed E-state index contributed by atoms with van der Waals surface area (Å²) < 4.78 is 13.5. The minimum atomic E-state index is -0.445. The van der Waals surface area contributed by atoms with Crippen molar-refractivity contribution in [2.75, 3.05) is 7.05 Å². The second-order valence-electron chi connectivity index (χ2n) is 4.07. The molecule has 0 radical (unpaired) electrons. The smallest absolute Gasteiger partial charge is 0.142 e. The van der Waals surface area contributed by atoms with Crippen LogP contribution in [0.25, 0.3) is 0 Å². The predicted molar refractivity (Wildman–Crippen MR) is 78.8 cm³/mol. The Morgan fingerprint density at radius 3 is 2.00 bits per heavy atom. The van der Waals surface area contributed by atoms with Gasteiger partial charge in [-0.25, -0.2) is 4.39 Å². The van der Waals surface area contributed by atoms with E-state index in [2.05, 4.69) is 5.32 Å². The number of nitrogens with one attached hydrogen (secondary N) is 1. The van der Waals surface area contributed by atoms with Gasteiger partial charge in [-0.05, 0) is 42.4 Å². The van der Waals surface area contributed by atoms with Gasteiger partial charge in [-0.3, -0.25) is 0 Å². The molecule has 2 aromatic rings. The lowest BCUT2D eigenvalue weighted by atomic mass is 9.99. The molecule has 1 nitrogen and oxygen atoms in total. The van der Waals surface area contributed by atoms with Gasteiger partial charge in [-0.15, -0.1) is 0 Å². The largest absolute Gasteiger partial charge is 0.309 e. The Morgan fingerprint density at radius 2 is 1.47 bits per heavy atom. The van der Waals surface area contributed by atoms with E-state index < -0.39 is 5.82 Å². The van der Waals surface area contributed by atoms with E-state index in [0.717, 1.165) is 11.1 Å². The summed E-state index contributed by atoms with van der Waals surface area (Å²) in [6.07, 6.45) is 0. The van der Waals surface area contributed by atoms with Gasteiger partial charge < -0.3 is 5.32 Å². The number of hydrogen-bond acceptors (Lipinski definition) is 1. The zero-order valence-corrected chi connectivity index (χ0v) is 12.3. The Labute approximate surface area is 126 Å². The molecule has 1 unspecified atom stereocenters. The maximum Gasteiger partial charge on any atom is 0.142 e. The van der Waals surface area contributed by atoms with Gasteiger partial charge in [-0.1, -0.05) is 46.9 Å². The fourth-order valence-electron chi connectivity index (χ4n) is 1.91. The molecule has 2 aromatic carbocycles. The highest BCUT2D eigenvalue weighted by molar-refractivity contribution is 6.42. The zero-order valence-electron chi connectivity index (χ0n) is 10.1. The molecule has 19 heavy (non-hydrogen) atoms. The highest BCUT2D eigenvalue weighted by Gasteiger charge is 2.14. The molecule has 1 N–H and O–H groups in total. The van der Waals surface area contributed by atoms with Crippen LogP contribution in [-0.4, -0.2) is 7.05 Å². The average Bonchev–Trinajstić information content (AvgIpc) is 2.39. The van der Waals surface area contributed by atoms with Gasteiger partial charge in [0.15, 0.2) is 0 Å². The first kappa shape index (κ1) is 14.6. The van der Waals surface area contributed by atoms with Gasteiger partial charge in [0.1, 0.15) is 5.82 Å². The Hall–Kier alpha value is -0.800. The Balaban J connectivity index is 2.43. The number of benzene rings is 2. The first-order chi connectivity index (χ1) is 9.02. The Kier molecular flexibility index (Phi) is 4.69. The Morgan fingerprint density at radius 1 is 0.895 bits per heavy atom. The molecule has 0 aliphatic rings. The molecule has 0 heterocycles. The summed E-state index contributed by atoms with van der Waals surface area (Å²) in [4.78, 5) is 0. The van der Waals surface area contributed by atoms with E-state index in [1.165, 1.54) is 12.1 Å². The molecule has 0 saturated carbocycles.